The Bertz CT molecular complexity index is 1620. The molecule has 3 aromatic carbocycles. The molecule has 5 rings (SSSR count). The van der Waals surface area contributed by atoms with Gasteiger partial charge in [0.15, 0.2) is 16.9 Å². The molecular weight excluding hydrogens is 565 g/mol. The molecule has 11 heteroatoms. The Morgan fingerprint density at radius 3 is 1.82 bits per heavy atom. The summed E-state index contributed by atoms with van der Waals surface area (Å²) in [6, 6.07) is 26.1. The SMILES string of the molecule is O=C(COC(=O)c1ccccc1SCC(=O)Nc1nc(-c2ccccc2)cs1)Nc1nc(-c2ccccc2)cs1. The number of benzene rings is 3. The minimum absolute atomic E-state index is 0.0683. The van der Waals surface area contributed by atoms with E-state index in [9.17, 15) is 14.4 Å². The van der Waals surface area contributed by atoms with Crippen LogP contribution in [-0.4, -0.2) is 40.1 Å². The van der Waals surface area contributed by atoms with Gasteiger partial charge in [-0.1, -0.05) is 72.8 Å². The van der Waals surface area contributed by atoms with E-state index in [1.165, 1.54) is 34.4 Å². The maximum absolute atomic E-state index is 12.7. The summed E-state index contributed by atoms with van der Waals surface area (Å²) in [4.78, 5) is 47.1. The average Bonchev–Trinajstić information content (AvgIpc) is 3.66. The van der Waals surface area contributed by atoms with Crippen molar-refractivity contribution in [2.45, 2.75) is 4.90 Å². The number of thioether (sulfide) groups is 1. The van der Waals surface area contributed by atoms with Crippen molar-refractivity contribution in [2.75, 3.05) is 23.0 Å². The second-order valence-electron chi connectivity index (χ2n) is 8.27. The number of aromatic nitrogens is 2. The summed E-state index contributed by atoms with van der Waals surface area (Å²) < 4.78 is 5.25. The van der Waals surface area contributed by atoms with Crippen molar-refractivity contribution >= 4 is 62.5 Å². The standard InChI is InChI=1S/C29H22N4O4S3/c34-25(32-28-30-22(16-39-28)19-9-3-1-4-10-19)15-37-27(36)21-13-7-8-14-24(21)38-18-26(35)33-29-31-23(17-40-29)20-11-5-2-6-12-20/h1-14,16-17H,15,18H2,(H,30,32,34)(H,31,33,35). The Morgan fingerprint density at radius 2 is 1.23 bits per heavy atom. The molecule has 0 unspecified atom stereocenters. The first-order chi connectivity index (χ1) is 19.5. The van der Waals surface area contributed by atoms with Crippen LogP contribution in [0.25, 0.3) is 22.5 Å². The molecule has 0 saturated carbocycles. The van der Waals surface area contributed by atoms with Crippen molar-refractivity contribution in [3.8, 4) is 22.5 Å². The van der Waals surface area contributed by atoms with Crippen LogP contribution in [0.3, 0.4) is 0 Å². The molecule has 0 aliphatic heterocycles. The van der Waals surface area contributed by atoms with Gasteiger partial charge in [0.2, 0.25) is 5.91 Å². The number of thiazole rings is 2. The molecule has 0 aliphatic carbocycles. The van der Waals surface area contributed by atoms with Gasteiger partial charge in [0, 0.05) is 26.8 Å². The zero-order valence-electron chi connectivity index (χ0n) is 20.9. The highest BCUT2D eigenvalue weighted by Gasteiger charge is 2.17. The largest absolute Gasteiger partial charge is 0.452 e. The third kappa shape index (κ3) is 7.20. The molecular formula is C29H22N4O4S3. The lowest BCUT2D eigenvalue weighted by Gasteiger charge is -2.09. The molecule has 2 amide bonds. The van der Waals surface area contributed by atoms with Crippen molar-refractivity contribution in [3.63, 3.8) is 0 Å². The normalized spacial score (nSPS) is 10.6. The number of anilines is 2. The van der Waals surface area contributed by atoms with Crippen LogP contribution < -0.4 is 10.6 Å². The van der Waals surface area contributed by atoms with E-state index >= 15 is 0 Å². The van der Waals surface area contributed by atoms with Crippen molar-refractivity contribution in [1.82, 2.24) is 9.97 Å². The van der Waals surface area contributed by atoms with E-state index in [0.29, 0.717) is 15.2 Å². The summed E-state index contributed by atoms with van der Waals surface area (Å²) in [6.07, 6.45) is 0. The summed E-state index contributed by atoms with van der Waals surface area (Å²) in [6.45, 7) is -0.466. The first-order valence-corrected chi connectivity index (χ1v) is 14.8. The summed E-state index contributed by atoms with van der Waals surface area (Å²) in [5.41, 5.74) is 3.72. The Balaban J connectivity index is 1.11. The minimum atomic E-state index is -0.657. The second-order valence-corrected chi connectivity index (χ2v) is 11.0. The lowest BCUT2D eigenvalue weighted by Crippen LogP contribution is -2.21. The highest BCUT2D eigenvalue weighted by atomic mass is 32.2. The zero-order chi connectivity index (χ0) is 27.7. The van der Waals surface area contributed by atoms with Gasteiger partial charge in [-0.05, 0) is 12.1 Å². The average molecular weight is 587 g/mol. The number of carbonyl (C=O) groups is 3. The molecule has 8 nitrogen and oxygen atoms in total. The van der Waals surface area contributed by atoms with Gasteiger partial charge in [-0.25, -0.2) is 14.8 Å². The number of rotatable bonds is 10. The number of ether oxygens (including phenoxy) is 1. The van der Waals surface area contributed by atoms with E-state index in [-0.39, 0.29) is 17.2 Å². The topological polar surface area (TPSA) is 110 Å². The number of carbonyl (C=O) groups excluding carboxylic acids is 3. The third-order valence-corrected chi connectivity index (χ3v) is 8.03. The fourth-order valence-corrected chi connectivity index (χ4v) is 5.88. The zero-order valence-corrected chi connectivity index (χ0v) is 23.4. The van der Waals surface area contributed by atoms with Gasteiger partial charge in [0.1, 0.15) is 0 Å². The van der Waals surface area contributed by atoms with Crippen molar-refractivity contribution in [3.05, 3.63) is 101 Å². The van der Waals surface area contributed by atoms with Gasteiger partial charge in [0.25, 0.3) is 5.91 Å². The third-order valence-electron chi connectivity index (χ3n) is 5.44. The van der Waals surface area contributed by atoms with Crippen LogP contribution in [0.4, 0.5) is 10.3 Å². The number of esters is 1. The quantitative estimate of drug-likeness (QED) is 0.143. The smallest absolute Gasteiger partial charge is 0.339 e. The molecule has 40 heavy (non-hydrogen) atoms. The number of amides is 2. The molecule has 0 atom stereocenters. The molecule has 2 N–H and O–H groups in total. The van der Waals surface area contributed by atoms with Crippen LogP contribution in [0.15, 0.2) is 101 Å². The Labute approximate surface area is 242 Å². The van der Waals surface area contributed by atoms with Gasteiger partial charge in [-0.3, -0.25) is 14.9 Å². The van der Waals surface area contributed by atoms with Crippen LogP contribution >= 0.6 is 34.4 Å². The van der Waals surface area contributed by atoms with Crippen molar-refractivity contribution in [1.29, 1.82) is 0 Å². The van der Waals surface area contributed by atoms with Crippen molar-refractivity contribution in [2.24, 2.45) is 0 Å². The van der Waals surface area contributed by atoms with E-state index in [1.54, 1.807) is 24.3 Å². The number of hydrogen-bond acceptors (Lipinski definition) is 9. The van der Waals surface area contributed by atoms with Crippen LogP contribution in [-0.2, 0) is 14.3 Å². The maximum Gasteiger partial charge on any atom is 0.339 e. The molecule has 0 aliphatic rings. The minimum Gasteiger partial charge on any atom is -0.452 e. The van der Waals surface area contributed by atoms with E-state index in [1.807, 2.05) is 71.4 Å². The molecule has 0 bridgehead atoms. The molecule has 0 fully saturated rings. The van der Waals surface area contributed by atoms with Crippen LogP contribution in [0, 0.1) is 0 Å². The Hall–Kier alpha value is -4.32. The first-order valence-electron chi connectivity index (χ1n) is 12.1. The number of nitrogens with zero attached hydrogens (tertiary/aromatic N) is 2. The molecule has 2 heterocycles. The fourth-order valence-electron chi connectivity index (χ4n) is 3.57. The molecule has 0 radical (unpaired) electrons. The van der Waals surface area contributed by atoms with E-state index < -0.39 is 18.5 Å². The van der Waals surface area contributed by atoms with E-state index in [2.05, 4.69) is 20.6 Å². The van der Waals surface area contributed by atoms with Gasteiger partial charge in [-0.15, -0.1) is 34.4 Å². The van der Waals surface area contributed by atoms with Gasteiger partial charge >= 0.3 is 5.97 Å². The Morgan fingerprint density at radius 1 is 0.700 bits per heavy atom. The second kappa shape index (κ2) is 13.2. The van der Waals surface area contributed by atoms with Gasteiger partial charge < -0.3 is 10.1 Å². The first kappa shape index (κ1) is 27.3. The van der Waals surface area contributed by atoms with Crippen molar-refractivity contribution < 1.29 is 19.1 Å². The summed E-state index contributed by atoms with van der Waals surface area (Å²) in [5, 5.41) is 10.1. The highest BCUT2D eigenvalue weighted by molar-refractivity contribution is 8.00. The molecule has 2 aromatic heterocycles. The predicted molar refractivity (Wildman–Crippen MR) is 160 cm³/mol. The fraction of sp³-hybridized carbons (Fsp3) is 0.0690. The monoisotopic (exact) mass is 586 g/mol. The van der Waals surface area contributed by atoms with Gasteiger partial charge in [-0.2, -0.15) is 0 Å². The lowest BCUT2D eigenvalue weighted by molar-refractivity contribution is -0.119. The van der Waals surface area contributed by atoms with E-state index in [0.717, 1.165) is 22.5 Å². The van der Waals surface area contributed by atoms with Crippen LogP contribution in [0.1, 0.15) is 10.4 Å². The summed E-state index contributed by atoms with van der Waals surface area (Å²) in [7, 11) is 0. The predicted octanol–water partition coefficient (Wildman–Crippen LogP) is 6.46. The van der Waals surface area contributed by atoms with E-state index in [4.69, 9.17) is 4.74 Å². The Kier molecular flexibility index (Phi) is 8.96. The molecule has 0 spiro atoms. The van der Waals surface area contributed by atoms with Crippen LogP contribution in [0.2, 0.25) is 0 Å². The lowest BCUT2D eigenvalue weighted by atomic mass is 10.2. The maximum atomic E-state index is 12.7. The number of hydrogen-bond donors (Lipinski definition) is 2. The summed E-state index contributed by atoms with van der Waals surface area (Å²) >= 11 is 3.83. The molecule has 5 aromatic rings. The molecule has 200 valence electrons. The number of nitrogens with one attached hydrogen (secondary N) is 2. The highest BCUT2D eigenvalue weighted by Crippen LogP contribution is 2.27. The van der Waals surface area contributed by atoms with Gasteiger partial charge in [0.05, 0.1) is 22.7 Å². The molecule has 0 saturated heterocycles. The summed E-state index contributed by atoms with van der Waals surface area (Å²) in [5.74, 6) is -1.33. The van der Waals surface area contributed by atoms with Crippen LogP contribution in [0.5, 0.6) is 0 Å².